The van der Waals surface area contributed by atoms with Crippen molar-refractivity contribution < 1.29 is 0 Å². The van der Waals surface area contributed by atoms with Crippen LogP contribution in [0.3, 0.4) is 0 Å². The summed E-state index contributed by atoms with van der Waals surface area (Å²) < 4.78 is 0. The van der Waals surface area contributed by atoms with Crippen LogP contribution in [0, 0.1) is 13.8 Å². The third kappa shape index (κ3) is 2.67. The fourth-order valence-corrected chi connectivity index (χ4v) is 1.27. The van der Waals surface area contributed by atoms with Crippen molar-refractivity contribution >= 4 is 5.82 Å². The standard InChI is InChI=1S/C10H18N4/c1-8-7-12-9(2)10(13-8)14(4)6-5-11-3/h7,11H,5-6H2,1-4H3. The summed E-state index contributed by atoms with van der Waals surface area (Å²) >= 11 is 0. The number of nitrogens with zero attached hydrogens (tertiary/aromatic N) is 3. The van der Waals surface area contributed by atoms with Crippen LogP contribution in [0.1, 0.15) is 11.4 Å². The second-order valence-corrected chi connectivity index (χ2v) is 3.45. The molecule has 1 aromatic rings. The van der Waals surface area contributed by atoms with Gasteiger partial charge in [0, 0.05) is 26.3 Å². The first kappa shape index (κ1) is 10.9. The Morgan fingerprint density at radius 1 is 1.43 bits per heavy atom. The first-order chi connectivity index (χ1) is 6.65. The summed E-state index contributed by atoms with van der Waals surface area (Å²) in [4.78, 5) is 10.9. The van der Waals surface area contributed by atoms with Crippen molar-refractivity contribution in [2.24, 2.45) is 0 Å². The monoisotopic (exact) mass is 194 g/mol. The van der Waals surface area contributed by atoms with E-state index in [4.69, 9.17) is 0 Å². The molecule has 78 valence electrons. The van der Waals surface area contributed by atoms with Crippen LogP contribution in [-0.2, 0) is 0 Å². The largest absolute Gasteiger partial charge is 0.357 e. The molecule has 0 aliphatic carbocycles. The van der Waals surface area contributed by atoms with Gasteiger partial charge in [-0.2, -0.15) is 0 Å². The van der Waals surface area contributed by atoms with Gasteiger partial charge in [-0.3, -0.25) is 4.98 Å². The van der Waals surface area contributed by atoms with Crippen LogP contribution in [0.5, 0.6) is 0 Å². The first-order valence-corrected chi connectivity index (χ1v) is 4.81. The van der Waals surface area contributed by atoms with Crippen molar-refractivity contribution in [1.82, 2.24) is 15.3 Å². The maximum absolute atomic E-state index is 4.46. The molecular weight excluding hydrogens is 176 g/mol. The molecule has 0 aromatic carbocycles. The van der Waals surface area contributed by atoms with E-state index >= 15 is 0 Å². The molecule has 0 spiro atoms. The number of anilines is 1. The summed E-state index contributed by atoms with van der Waals surface area (Å²) in [5.41, 5.74) is 1.94. The predicted octanol–water partition coefficient (Wildman–Crippen LogP) is 0.749. The highest BCUT2D eigenvalue weighted by Gasteiger charge is 2.06. The van der Waals surface area contributed by atoms with Gasteiger partial charge in [0.2, 0.25) is 0 Å². The lowest BCUT2D eigenvalue weighted by atomic mass is 10.4. The van der Waals surface area contributed by atoms with E-state index in [1.807, 2.05) is 27.9 Å². The number of nitrogens with one attached hydrogen (secondary N) is 1. The average Bonchev–Trinajstić information content (AvgIpc) is 2.18. The molecule has 1 rings (SSSR count). The summed E-state index contributed by atoms with van der Waals surface area (Å²) in [6.45, 7) is 5.83. The molecule has 1 aromatic heterocycles. The maximum Gasteiger partial charge on any atom is 0.150 e. The summed E-state index contributed by atoms with van der Waals surface area (Å²) in [7, 11) is 3.98. The van der Waals surface area contributed by atoms with E-state index in [1.54, 1.807) is 6.20 Å². The van der Waals surface area contributed by atoms with Gasteiger partial charge in [0.1, 0.15) is 5.82 Å². The number of hydrogen-bond acceptors (Lipinski definition) is 4. The molecular formula is C10H18N4. The van der Waals surface area contributed by atoms with Crippen LogP contribution >= 0.6 is 0 Å². The Bertz CT molecular complexity index is 298. The molecule has 0 aliphatic rings. The van der Waals surface area contributed by atoms with Gasteiger partial charge in [-0.25, -0.2) is 4.98 Å². The highest BCUT2D eigenvalue weighted by atomic mass is 15.2. The Labute approximate surface area is 85.4 Å². The van der Waals surface area contributed by atoms with Crippen LogP contribution in [0.2, 0.25) is 0 Å². The highest BCUT2D eigenvalue weighted by Crippen LogP contribution is 2.12. The van der Waals surface area contributed by atoms with Crippen LogP contribution in [0.4, 0.5) is 5.82 Å². The van der Waals surface area contributed by atoms with Crippen molar-refractivity contribution in [2.75, 3.05) is 32.1 Å². The summed E-state index contributed by atoms with van der Waals surface area (Å²) in [5.74, 6) is 0.972. The van der Waals surface area contributed by atoms with E-state index in [0.717, 1.165) is 30.3 Å². The number of rotatable bonds is 4. The lowest BCUT2D eigenvalue weighted by molar-refractivity contribution is 0.756. The zero-order valence-corrected chi connectivity index (χ0v) is 9.33. The van der Waals surface area contributed by atoms with Crippen molar-refractivity contribution in [2.45, 2.75) is 13.8 Å². The van der Waals surface area contributed by atoms with E-state index < -0.39 is 0 Å². The predicted molar refractivity (Wildman–Crippen MR) is 58.7 cm³/mol. The minimum Gasteiger partial charge on any atom is -0.357 e. The van der Waals surface area contributed by atoms with Crippen molar-refractivity contribution in [3.8, 4) is 0 Å². The molecule has 0 aliphatic heterocycles. The Balaban J connectivity index is 2.77. The average molecular weight is 194 g/mol. The Morgan fingerprint density at radius 3 is 2.79 bits per heavy atom. The molecule has 1 N–H and O–H groups in total. The zero-order valence-electron chi connectivity index (χ0n) is 9.33. The van der Waals surface area contributed by atoms with Crippen molar-refractivity contribution in [3.05, 3.63) is 17.6 Å². The minimum atomic E-state index is 0.940. The van der Waals surface area contributed by atoms with Gasteiger partial charge in [-0.15, -0.1) is 0 Å². The summed E-state index contributed by atoms with van der Waals surface area (Å²) in [6.07, 6.45) is 1.80. The number of aromatic nitrogens is 2. The maximum atomic E-state index is 4.46. The smallest absolute Gasteiger partial charge is 0.150 e. The van der Waals surface area contributed by atoms with Crippen LogP contribution in [-0.4, -0.2) is 37.2 Å². The molecule has 0 bridgehead atoms. The van der Waals surface area contributed by atoms with Gasteiger partial charge in [0.15, 0.2) is 0 Å². The minimum absolute atomic E-state index is 0.940. The van der Waals surface area contributed by atoms with E-state index in [9.17, 15) is 0 Å². The molecule has 14 heavy (non-hydrogen) atoms. The van der Waals surface area contributed by atoms with Crippen molar-refractivity contribution in [3.63, 3.8) is 0 Å². The molecule has 4 heteroatoms. The van der Waals surface area contributed by atoms with Gasteiger partial charge in [-0.1, -0.05) is 0 Å². The molecule has 1 heterocycles. The molecule has 0 fully saturated rings. The Morgan fingerprint density at radius 2 is 2.14 bits per heavy atom. The molecule has 0 radical (unpaired) electrons. The van der Waals surface area contributed by atoms with Crippen LogP contribution in [0.15, 0.2) is 6.20 Å². The first-order valence-electron chi connectivity index (χ1n) is 4.81. The number of hydrogen-bond donors (Lipinski definition) is 1. The summed E-state index contributed by atoms with van der Waals surface area (Å²) in [5, 5.41) is 3.11. The van der Waals surface area contributed by atoms with Crippen molar-refractivity contribution in [1.29, 1.82) is 0 Å². The third-order valence-corrected chi connectivity index (χ3v) is 2.11. The quantitative estimate of drug-likeness (QED) is 0.768. The van der Waals surface area contributed by atoms with Crippen LogP contribution < -0.4 is 10.2 Å². The SMILES string of the molecule is CNCCN(C)c1nc(C)cnc1C. The molecule has 4 nitrogen and oxygen atoms in total. The number of aryl methyl sites for hydroxylation is 2. The normalized spacial score (nSPS) is 10.3. The number of likely N-dealkylation sites (N-methyl/N-ethyl adjacent to an activating group) is 2. The van der Waals surface area contributed by atoms with Gasteiger partial charge >= 0.3 is 0 Å². The fraction of sp³-hybridized carbons (Fsp3) is 0.600. The Hall–Kier alpha value is -1.16. The van der Waals surface area contributed by atoms with Crippen LogP contribution in [0.25, 0.3) is 0 Å². The van der Waals surface area contributed by atoms with E-state index in [0.29, 0.717) is 0 Å². The van der Waals surface area contributed by atoms with Gasteiger partial charge in [0.25, 0.3) is 0 Å². The molecule has 0 amide bonds. The van der Waals surface area contributed by atoms with E-state index in [1.165, 1.54) is 0 Å². The zero-order chi connectivity index (χ0) is 10.6. The highest BCUT2D eigenvalue weighted by molar-refractivity contribution is 5.42. The topological polar surface area (TPSA) is 41.0 Å². The lowest BCUT2D eigenvalue weighted by Crippen LogP contribution is -2.28. The lowest BCUT2D eigenvalue weighted by Gasteiger charge is -2.19. The molecule has 0 atom stereocenters. The molecule has 0 unspecified atom stereocenters. The second-order valence-electron chi connectivity index (χ2n) is 3.45. The summed E-state index contributed by atoms with van der Waals surface area (Å²) in [6, 6.07) is 0. The molecule has 0 saturated heterocycles. The fourth-order valence-electron chi connectivity index (χ4n) is 1.27. The van der Waals surface area contributed by atoms with Gasteiger partial charge in [-0.05, 0) is 20.9 Å². The third-order valence-electron chi connectivity index (χ3n) is 2.11. The van der Waals surface area contributed by atoms with E-state index in [-0.39, 0.29) is 0 Å². The second kappa shape index (κ2) is 4.91. The van der Waals surface area contributed by atoms with E-state index in [2.05, 4.69) is 20.2 Å². The van der Waals surface area contributed by atoms with Gasteiger partial charge < -0.3 is 10.2 Å². The van der Waals surface area contributed by atoms with Gasteiger partial charge in [0.05, 0.1) is 11.4 Å². The molecule has 0 saturated carbocycles. The Kier molecular flexibility index (Phi) is 3.83.